The fraction of sp³-hybridized carbons (Fsp3) is 0.867. The Kier molecular flexibility index (Phi) is 3.37. The highest BCUT2D eigenvalue weighted by molar-refractivity contribution is 5.13. The van der Waals surface area contributed by atoms with Gasteiger partial charge in [-0.15, -0.1) is 0 Å². The Hall–Kier alpha value is -0.900. The standard InChI is InChI=1S/C15H25N3O/c1-10-5-3-6-11(9-10)13-17-14(19-18-13)15(2)8-4-7-12(15)16/h10-12H,3-9,16H2,1-2H3. The second-order valence-electron chi connectivity index (χ2n) is 6.84. The SMILES string of the molecule is CC1CCCC(c2noc(C3(C)CCCC3N)n2)C1. The molecule has 4 nitrogen and oxygen atoms in total. The molecule has 4 unspecified atom stereocenters. The van der Waals surface area contributed by atoms with E-state index in [2.05, 4.69) is 19.0 Å². The van der Waals surface area contributed by atoms with Gasteiger partial charge in [-0.25, -0.2) is 0 Å². The maximum absolute atomic E-state index is 6.23. The van der Waals surface area contributed by atoms with Gasteiger partial charge in [0.05, 0.1) is 5.41 Å². The Balaban J connectivity index is 1.79. The summed E-state index contributed by atoms with van der Waals surface area (Å²) in [4.78, 5) is 4.71. The average molecular weight is 263 g/mol. The van der Waals surface area contributed by atoms with Crippen LogP contribution < -0.4 is 5.73 Å². The summed E-state index contributed by atoms with van der Waals surface area (Å²) < 4.78 is 5.57. The van der Waals surface area contributed by atoms with Crippen molar-refractivity contribution in [3.8, 4) is 0 Å². The van der Waals surface area contributed by atoms with Crippen molar-refractivity contribution in [1.82, 2.24) is 10.1 Å². The maximum Gasteiger partial charge on any atom is 0.234 e. The van der Waals surface area contributed by atoms with E-state index in [9.17, 15) is 0 Å². The molecule has 1 heterocycles. The lowest BCUT2D eigenvalue weighted by Gasteiger charge is -2.25. The van der Waals surface area contributed by atoms with E-state index in [1.165, 1.54) is 25.7 Å². The highest BCUT2D eigenvalue weighted by Gasteiger charge is 2.43. The summed E-state index contributed by atoms with van der Waals surface area (Å²) in [6.07, 6.45) is 8.31. The van der Waals surface area contributed by atoms with Crippen LogP contribution in [-0.2, 0) is 5.41 Å². The van der Waals surface area contributed by atoms with Crippen LogP contribution in [0.1, 0.15) is 76.4 Å². The van der Waals surface area contributed by atoms with Crippen molar-refractivity contribution in [3.05, 3.63) is 11.7 Å². The molecule has 0 bridgehead atoms. The lowest BCUT2D eigenvalue weighted by atomic mass is 9.82. The minimum absolute atomic E-state index is 0.106. The van der Waals surface area contributed by atoms with Gasteiger partial charge in [0.2, 0.25) is 5.89 Å². The van der Waals surface area contributed by atoms with Crippen molar-refractivity contribution in [3.63, 3.8) is 0 Å². The van der Waals surface area contributed by atoms with E-state index in [-0.39, 0.29) is 11.5 Å². The lowest BCUT2D eigenvalue weighted by molar-refractivity contribution is 0.273. The van der Waals surface area contributed by atoms with Crippen LogP contribution in [0.5, 0.6) is 0 Å². The first kappa shape index (κ1) is 13.1. The molecule has 3 rings (SSSR count). The van der Waals surface area contributed by atoms with Gasteiger partial charge in [0.25, 0.3) is 0 Å². The molecule has 0 amide bonds. The zero-order valence-electron chi connectivity index (χ0n) is 12.1. The van der Waals surface area contributed by atoms with Gasteiger partial charge in [-0.3, -0.25) is 0 Å². The summed E-state index contributed by atoms with van der Waals surface area (Å²) in [5.74, 6) is 2.96. The zero-order chi connectivity index (χ0) is 13.5. The molecule has 106 valence electrons. The fourth-order valence-electron chi connectivity index (χ4n) is 3.76. The van der Waals surface area contributed by atoms with Gasteiger partial charge in [-0.05, 0) is 38.5 Å². The molecule has 1 aromatic heterocycles. The molecule has 0 radical (unpaired) electrons. The minimum Gasteiger partial charge on any atom is -0.339 e. The van der Waals surface area contributed by atoms with E-state index in [1.807, 2.05) is 0 Å². The molecule has 2 fully saturated rings. The second-order valence-corrected chi connectivity index (χ2v) is 6.84. The molecule has 1 aromatic rings. The molecule has 4 heteroatoms. The molecule has 0 spiro atoms. The van der Waals surface area contributed by atoms with Crippen molar-refractivity contribution in [2.75, 3.05) is 0 Å². The molecule has 0 aromatic carbocycles. The van der Waals surface area contributed by atoms with Gasteiger partial charge in [0.1, 0.15) is 0 Å². The summed E-state index contributed by atoms with van der Waals surface area (Å²) in [5, 5.41) is 4.26. The van der Waals surface area contributed by atoms with Crippen molar-refractivity contribution < 1.29 is 4.52 Å². The predicted octanol–water partition coefficient (Wildman–Crippen LogP) is 3.13. The Morgan fingerprint density at radius 2 is 2.11 bits per heavy atom. The smallest absolute Gasteiger partial charge is 0.234 e. The van der Waals surface area contributed by atoms with Gasteiger partial charge in [-0.2, -0.15) is 4.98 Å². The van der Waals surface area contributed by atoms with Crippen LogP contribution in [0.4, 0.5) is 0 Å². The predicted molar refractivity (Wildman–Crippen MR) is 73.8 cm³/mol. The van der Waals surface area contributed by atoms with Crippen molar-refractivity contribution in [2.24, 2.45) is 11.7 Å². The van der Waals surface area contributed by atoms with Gasteiger partial charge in [0, 0.05) is 12.0 Å². The van der Waals surface area contributed by atoms with E-state index in [4.69, 9.17) is 15.2 Å². The van der Waals surface area contributed by atoms with E-state index >= 15 is 0 Å². The molecular weight excluding hydrogens is 238 g/mol. The summed E-state index contributed by atoms with van der Waals surface area (Å²) in [5.41, 5.74) is 6.12. The maximum atomic E-state index is 6.23. The molecule has 4 atom stereocenters. The lowest BCUT2D eigenvalue weighted by Crippen LogP contribution is -2.38. The molecule has 2 N–H and O–H groups in total. The third-order valence-corrected chi connectivity index (χ3v) is 5.26. The van der Waals surface area contributed by atoms with Crippen LogP contribution in [0.25, 0.3) is 0 Å². The van der Waals surface area contributed by atoms with Crippen LogP contribution in [0.2, 0.25) is 0 Å². The first-order chi connectivity index (χ1) is 9.09. The Bertz CT molecular complexity index is 444. The van der Waals surface area contributed by atoms with E-state index in [0.717, 1.165) is 36.9 Å². The topological polar surface area (TPSA) is 64.9 Å². The normalized spacial score (nSPS) is 39.6. The summed E-state index contributed by atoms with van der Waals surface area (Å²) in [6, 6.07) is 0.158. The third-order valence-electron chi connectivity index (χ3n) is 5.26. The van der Waals surface area contributed by atoms with Crippen LogP contribution in [0.15, 0.2) is 4.52 Å². The average Bonchev–Trinajstić information content (AvgIpc) is 2.99. The highest BCUT2D eigenvalue weighted by Crippen LogP contribution is 2.40. The van der Waals surface area contributed by atoms with Gasteiger partial charge < -0.3 is 10.3 Å². The molecule has 0 aliphatic heterocycles. The third kappa shape index (κ3) is 2.31. The molecular formula is C15H25N3O. The van der Waals surface area contributed by atoms with E-state index in [0.29, 0.717) is 5.92 Å². The first-order valence-corrected chi connectivity index (χ1v) is 7.69. The van der Waals surface area contributed by atoms with Crippen LogP contribution in [0.3, 0.4) is 0 Å². The highest BCUT2D eigenvalue weighted by atomic mass is 16.5. The van der Waals surface area contributed by atoms with E-state index in [1.54, 1.807) is 0 Å². The first-order valence-electron chi connectivity index (χ1n) is 7.69. The second kappa shape index (κ2) is 4.89. The van der Waals surface area contributed by atoms with Crippen LogP contribution >= 0.6 is 0 Å². The summed E-state index contributed by atoms with van der Waals surface area (Å²) >= 11 is 0. The van der Waals surface area contributed by atoms with Gasteiger partial charge in [-0.1, -0.05) is 31.3 Å². The van der Waals surface area contributed by atoms with Crippen LogP contribution in [0, 0.1) is 5.92 Å². The largest absolute Gasteiger partial charge is 0.339 e. The van der Waals surface area contributed by atoms with Gasteiger partial charge >= 0.3 is 0 Å². The van der Waals surface area contributed by atoms with E-state index < -0.39 is 0 Å². The molecule has 0 saturated heterocycles. The zero-order valence-corrected chi connectivity index (χ0v) is 12.1. The number of hydrogen-bond donors (Lipinski definition) is 1. The monoisotopic (exact) mass is 263 g/mol. The summed E-state index contributed by atoms with van der Waals surface area (Å²) in [7, 11) is 0. The van der Waals surface area contributed by atoms with Crippen molar-refractivity contribution in [2.45, 2.75) is 76.2 Å². The Labute approximate surface area is 115 Å². The number of rotatable bonds is 2. The Morgan fingerprint density at radius 1 is 1.26 bits per heavy atom. The van der Waals surface area contributed by atoms with Crippen LogP contribution in [-0.4, -0.2) is 16.2 Å². The fourth-order valence-corrected chi connectivity index (χ4v) is 3.76. The molecule has 2 saturated carbocycles. The number of aromatic nitrogens is 2. The Morgan fingerprint density at radius 3 is 2.79 bits per heavy atom. The van der Waals surface area contributed by atoms with Crippen molar-refractivity contribution >= 4 is 0 Å². The molecule has 19 heavy (non-hydrogen) atoms. The molecule has 2 aliphatic rings. The van der Waals surface area contributed by atoms with Gasteiger partial charge in [0.15, 0.2) is 5.82 Å². The van der Waals surface area contributed by atoms with Crippen molar-refractivity contribution in [1.29, 1.82) is 0 Å². The quantitative estimate of drug-likeness (QED) is 0.890. The number of nitrogens with two attached hydrogens (primary N) is 1. The summed E-state index contributed by atoms with van der Waals surface area (Å²) in [6.45, 7) is 4.49. The molecule has 2 aliphatic carbocycles. The number of nitrogens with zero attached hydrogens (tertiary/aromatic N) is 2. The minimum atomic E-state index is -0.106. The number of hydrogen-bond acceptors (Lipinski definition) is 4.